The number of hydrogen-bond donors (Lipinski definition) is 4. The molecule has 2 amide bonds. The number of hydrogen-bond acceptors (Lipinski definition) is 5. The zero-order valence-electron chi connectivity index (χ0n) is 20.2. The second-order valence-corrected chi connectivity index (χ2v) is 10.3. The Morgan fingerprint density at radius 3 is 1.86 bits per heavy atom. The number of carbonyl (C=O) groups is 2. The average molecular weight is 630 g/mol. The molecule has 37 heavy (non-hydrogen) atoms. The summed E-state index contributed by atoms with van der Waals surface area (Å²) < 4.78 is 1.31. The number of anilines is 1. The van der Waals surface area contributed by atoms with Crippen molar-refractivity contribution in [2.45, 2.75) is 31.3 Å². The number of rotatable bonds is 10. The Morgan fingerprint density at radius 2 is 1.38 bits per heavy atom. The van der Waals surface area contributed by atoms with Crippen molar-refractivity contribution in [1.29, 1.82) is 0 Å². The molecule has 10 heteroatoms. The minimum atomic E-state index is -0.911. The Balaban J connectivity index is 1.99. The first-order chi connectivity index (χ1) is 17.7. The van der Waals surface area contributed by atoms with Crippen LogP contribution >= 0.6 is 31.9 Å². The van der Waals surface area contributed by atoms with E-state index in [9.17, 15) is 9.59 Å². The maximum absolute atomic E-state index is 14.2. The zero-order chi connectivity index (χ0) is 26.9. The Hall–Kier alpha value is -3.21. The van der Waals surface area contributed by atoms with Gasteiger partial charge in [0.05, 0.1) is 24.2 Å². The molecule has 8 N–H and O–H groups in total. The van der Waals surface area contributed by atoms with Crippen LogP contribution in [-0.4, -0.2) is 35.3 Å². The SMILES string of the molecule is NC(N)=NCCC[C@@H](N)C(=O)N(Cc1cc(Br)c(N)c(Br)c1)C(=O)C(c1ccccc1)c1ccccc1. The third-order valence-electron chi connectivity index (χ3n) is 5.81. The van der Waals surface area contributed by atoms with Crippen molar-refractivity contribution in [2.24, 2.45) is 22.2 Å². The first kappa shape index (κ1) is 28.4. The lowest BCUT2D eigenvalue weighted by Crippen LogP contribution is -2.48. The lowest BCUT2D eigenvalue weighted by molar-refractivity contribution is -0.147. The quantitative estimate of drug-likeness (QED) is 0.116. The first-order valence-electron chi connectivity index (χ1n) is 11.7. The van der Waals surface area contributed by atoms with Gasteiger partial charge in [0.1, 0.15) is 0 Å². The molecule has 0 unspecified atom stereocenters. The van der Waals surface area contributed by atoms with Crippen molar-refractivity contribution < 1.29 is 9.59 Å². The number of nitrogens with two attached hydrogens (primary N) is 4. The molecule has 0 fully saturated rings. The Morgan fingerprint density at radius 1 is 0.865 bits per heavy atom. The van der Waals surface area contributed by atoms with E-state index in [0.29, 0.717) is 39.6 Å². The lowest BCUT2D eigenvalue weighted by Gasteiger charge is -2.29. The maximum Gasteiger partial charge on any atom is 0.246 e. The third-order valence-corrected chi connectivity index (χ3v) is 7.12. The van der Waals surface area contributed by atoms with Gasteiger partial charge >= 0.3 is 0 Å². The van der Waals surface area contributed by atoms with Crippen molar-refractivity contribution in [3.63, 3.8) is 0 Å². The van der Waals surface area contributed by atoms with E-state index in [1.165, 1.54) is 4.90 Å². The molecular formula is C27H30Br2N6O2. The van der Waals surface area contributed by atoms with E-state index in [2.05, 4.69) is 36.9 Å². The number of amides is 2. The van der Waals surface area contributed by atoms with Crippen molar-refractivity contribution in [1.82, 2.24) is 4.90 Å². The van der Waals surface area contributed by atoms with Crippen LogP contribution in [0.15, 0.2) is 86.7 Å². The van der Waals surface area contributed by atoms with Crippen LogP contribution in [0.3, 0.4) is 0 Å². The van der Waals surface area contributed by atoms with Crippen molar-refractivity contribution in [2.75, 3.05) is 12.3 Å². The number of aliphatic imine (C=N–C) groups is 1. The second kappa shape index (κ2) is 13.4. The molecule has 0 aliphatic heterocycles. The fourth-order valence-corrected chi connectivity index (χ4v) is 5.22. The van der Waals surface area contributed by atoms with Crippen LogP contribution in [0.1, 0.15) is 35.4 Å². The number of nitrogens with zero attached hydrogens (tertiary/aromatic N) is 2. The van der Waals surface area contributed by atoms with Crippen LogP contribution in [0, 0.1) is 0 Å². The first-order valence-corrected chi connectivity index (χ1v) is 13.3. The van der Waals surface area contributed by atoms with Gasteiger partial charge in [0.2, 0.25) is 11.8 Å². The van der Waals surface area contributed by atoms with Crippen LogP contribution < -0.4 is 22.9 Å². The topological polar surface area (TPSA) is 154 Å². The minimum absolute atomic E-state index is 0.0207. The van der Waals surface area contributed by atoms with E-state index in [0.717, 1.165) is 11.1 Å². The summed E-state index contributed by atoms with van der Waals surface area (Å²) in [4.78, 5) is 33.0. The molecule has 0 aliphatic rings. The summed E-state index contributed by atoms with van der Waals surface area (Å²) in [5, 5.41) is 0. The zero-order valence-corrected chi connectivity index (χ0v) is 23.4. The smallest absolute Gasteiger partial charge is 0.246 e. The third kappa shape index (κ3) is 7.64. The second-order valence-electron chi connectivity index (χ2n) is 8.55. The number of imide groups is 1. The molecule has 0 heterocycles. The highest BCUT2D eigenvalue weighted by Gasteiger charge is 2.33. The molecule has 0 radical (unpaired) electrons. The van der Waals surface area contributed by atoms with Crippen LogP contribution in [0.4, 0.5) is 5.69 Å². The number of guanidine groups is 1. The molecule has 0 saturated heterocycles. The standard InChI is InChI=1S/C27H30Br2N6O2/c28-20-14-17(15-21(29)24(20)31)16-35(25(36)22(30)12-7-13-34-27(32)33)26(37)23(18-8-3-1-4-9-18)19-10-5-2-6-11-19/h1-6,8-11,14-15,22-23H,7,12-13,16,30-31H2,(H4,32,33,34)/t22-/m1/s1. The van der Waals surface area contributed by atoms with Gasteiger partial charge in [-0.05, 0) is 73.5 Å². The minimum Gasteiger partial charge on any atom is -0.397 e. The highest BCUT2D eigenvalue weighted by Crippen LogP contribution is 2.32. The van der Waals surface area contributed by atoms with Gasteiger partial charge in [0.15, 0.2) is 5.96 Å². The molecular weight excluding hydrogens is 600 g/mol. The molecule has 0 aromatic heterocycles. The fourth-order valence-electron chi connectivity index (χ4n) is 3.94. The number of benzene rings is 3. The van der Waals surface area contributed by atoms with Crippen molar-refractivity contribution in [3.05, 3.63) is 98.4 Å². The van der Waals surface area contributed by atoms with E-state index in [4.69, 9.17) is 22.9 Å². The Bertz CT molecular complexity index is 1190. The van der Waals surface area contributed by atoms with Gasteiger partial charge in [0, 0.05) is 15.5 Å². The predicted molar refractivity (Wildman–Crippen MR) is 154 cm³/mol. The molecule has 0 aliphatic carbocycles. The molecule has 8 nitrogen and oxygen atoms in total. The molecule has 0 spiro atoms. The van der Waals surface area contributed by atoms with Crippen LogP contribution in [0.2, 0.25) is 0 Å². The summed E-state index contributed by atoms with van der Waals surface area (Å²) >= 11 is 6.89. The Labute approximate surface area is 233 Å². The van der Waals surface area contributed by atoms with Crippen molar-refractivity contribution in [3.8, 4) is 0 Å². The predicted octanol–water partition coefficient (Wildman–Crippen LogP) is 3.86. The molecule has 0 saturated carbocycles. The van der Waals surface area contributed by atoms with Crippen LogP contribution in [-0.2, 0) is 16.1 Å². The van der Waals surface area contributed by atoms with Gasteiger partial charge in [0.25, 0.3) is 0 Å². The normalized spacial score (nSPS) is 11.7. The van der Waals surface area contributed by atoms with E-state index in [-0.39, 0.29) is 18.4 Å². The highest BCUT2D eigenvalue weighted by atomic mass is 79.9. The molecule has 194 valence electrons. The molecule has 3 rings (SSSR count). The summed E-state index contributed by atoms with van der Waals surface area (Å²) in [7, 11) is 0. The summed E-state index contributed by atoms with van der Waals surface area (Å²) in [6, 6.07) is 21.4. The monoisotopic (exact) mass is 628 g/mol. The van der Waals surface area contributed by atoms with E-state index in [1.54, 1.807) is 12.1 Å². The van der Waals surface area contributed by atoms with E-state index in [1.807, 2.05) is 60.7 Å². The fraction of sp³-hybridized carbons (Fsp3) is 0.222. The number of carbonyl (C=O) groups excluding carboxylic acids is 2. The average Bonchev–Trinajstić information content (AvgIpc) is 2.89. The lowest BCUT2D eigenvalue weighted by atomic mass is 9.89. The van der Waals surface area contributed by atoms with Gasteiger partial charge in [-0.1, -0.05) is 60.7 Å². The van der Waals surface area contributed by atoms with Gasteiger partial charge in [-0.25, -0.2) is 0 Å². The molecule has 0 bridgehead atoms. The van der Waals surface area contributed by atoms with Crippen LogP contribution in [0.25, 0.3) is 0 Å². The van der Waals surface area contributed by atoms with Gasteiger partial charge in [-0.15, -0.1) is 0 Å². The largest absolute Gasteiger partial charge is 0.397 e. The molecule has 3 aromatic rings. The summed E-state index contributed by atoms with van der Waals surface area (Å²) in [5.41, 5.74) is 25.9. The van der Waals surface area contributed by atoms with Gasteiger partial charge in [-0.3, -0.25) is 19.5 Å². The molecule has 3 aromatic carbocycles. The molecule has 1 atom stereocenters. The summed E-state index contributed by atoms with van der Waals surface area (Å²) in [6.07, 6.45) is 0.808. The van der Waals surface area contributed by atoms with E-state index < -0.39 is 17.9 Å². The van der Waals surface area contributed by atoms with Gasteiger partial charge in [-0.2, -0.15) is 0 Å². The summed E-state index contributed by atoms with van der Waals surface area (Å²) in [5.74, 6) is -1.56. The van der Waals surface area contributed by atoms with Crippen LogP contribution in [0.5, 0.6) is 0 Å². The number of halogens is 2. The highest BCUT2D eigenvalue weighted by molar-refractivity contribution is 9.11. The van der Waals surface area contributed by atoms with E-state index >= 15 is 0 Å². The Kier molecular flexibility index (Phi) is 10.2. The summed E-state index contributed by atoms with van der Waals surface area (Å²) in [6.45, 7) is 0.360. The van der Waals surface area contributed by atoms with Gasteiger partial charge < -0.3 is 22.9 Å². The van der Waals surface area contributed by atoms with Crippen molar-refractivity contribution >= 4 is 55.3 Å². The number of nitrogen functional groups attached to an aromatic ring is 1. The maximum atomic E-state index is 14.2.